The van der Waals surface area contributed by atoms with Gasteiger partial charge in [0, 0.05) is 12.2 Å². The minimum atomic E-state index is -1.02. The summed E-state index contributed by atoms with van der Waals surface area (Å²) < 4.78 is 5.20. The fourth-order valence-electron chi connectivity index (χ4n) is 1.96. The maximum atomic E-state index is 12.1. The van der Waals surface area contributed by atoms with E-state index in [4.69, 9.17) is 9.84 Å². The maximum absolute atomic E-state index is 12.1. The van der Waals surface area contributed by atoms with E-state index in [0.717, 1.165) is 0 Å². The number of hydrogen-bond acceptors (Lipinski definition) is 4. The van der Waals surface area contributed by atoms with Crippen molar-refractivity contribution in [3.63, 3.8) is 0 Å². The first-order chi connectivity index (χ1) is 9.61. The third-order valence-corrected chi connectivity index (χ3v) is 3.08. The zero-order chi connectivity index (χ0) is 14.5. The van der Waals surface area contributed by atoms with Gasteiger partial charge in [0.1, 0.15) is 0 Å². The molecule has 0 radical (unpaired) electrons. The predicted molar refractivity (Wildman–Crippen MR) is 70.8 cm³/mol. The molecular formula is C13H16N2O5. The van der Waals surface area contributed by atoms with Gasteiger partial charge in [-0.3, -0.25) is 0 Å². The number of amides is 2. The van der Waals surface area contributed by atoms with Gasteiger partial charge in [-0.05, 0) is 24.3 Å². The van der Waals surface area contributed by atoms with Gasteiger partial charge in [-0.2, -0.15) is 0 Å². The molecule has 0 saturated carbocycles. The average Bonchev–Trinajstić information content (AvgIpc) is 2.47. The highest BCUT2D eigenvalue weighted by Crippen LogP contribution is 2.13. The standard InChI is InChI=1S/C13H16N2O5/c16-7-11-8-20-6-5-15(11)13(19)14-10-3-1-9(2-4-10)12(17)18/h1-4,11,16H,5-8H2,(H,14,19)(H,17,18). The third kappa shape index (κ3) is 3.25. The summed E-state index contributed by atoms with van der Waals surface area (Å²) in [6.07, 6.45) is 0. The van der Waals surface area contributed by atoms with Gasteiger partial charge in [-0.1, -0.05) is 0 Å². The van der Waals surface area contributed by atoms with E-state index in [9.17, 15) is 14.7 Å². The second kappa shape index (κ2) is 6.36. The number of benzene rings is 1. The Morgan fingerprint density at radius 1 is 1.35 bits per heavy atom. The van der Waals surface area contributed by atoms with E-state index in [0.29, 0.717) is 25.4 Å². The Morgan fingerprint density at radius 3 is 2.65 bits per heavy atom. The molecule has 7 nitrogen and oxygen atoms in total. The van der Waals surface area contributed by atoms with Crippen molar-refractivity contribution in [2.24, 2.45) is 0 Å². The number of urea groups is 1. The molecule has 1 atom stereocenters. The van der Waals surface area contributed by atoms with Crippen molar-refractivity contribution in [2.75, 3.05) is 31.7 Å². The lowest BCUT2D eigenvalue weighted by molar-refractivity contribution is -0.00485. The van der Waals surface area contributed by atoms with Crippen LogP contribution in [0.4, 0.5) is 10.5 Å². The van der Waals surface area contributed by atoms with Gasteiger partial charge in [0.15, 0.2) is 0 Å². The Labute approximate surface area is 115 Å². The summed E-state index contributed by atoms with van der Waals surface area (Å²) in [6, 6.07) is 5.19. The van der Waals surface area contributed by atoms with E-state index in [1.165, 1.54) is 29.2 Å². The number of nitrogens with zero attached hydrogens (tertiary/aromatic N) is 1. The molecule has 1 aromatic rings. The minimum Gasteiger partial charge on any atom is -0.478 e. The molecule has 2 rings (SSSR count). The quantitative estimate of drug-likeness (QED) is 0.753. The van der Waals surface area contributed by atoms with Crippen molar-refractivity contribution in [3.8, 4) is 0 Å². The van der Waals surface area contributed by atoms with Crippen molar-refractivity contribution in [1.82, 2.24) is 4.90 Å². The lowest BCUT2D eigenvalue weighted by Crippen LogP contribution is -2.52. The Hall–Kier alpha value is -2.12. The molecule has 108 valence electrons. The van der Waals surface area contributed by atoms with Crippen LogP contribution in [0.3, 0.4) is 0 Å². The smallest absolute Gasteiger partial charge is 0.335 e. The summed E-state index contributed by atoms with van der Waals surface area (Å²) in [7, 11) is 0. The Bertz CT molecular complexity index is 488. The number of aliphatic hydroxyl groups excluding tert-OH is 1. The highest BCUT2D eigenvalue weighted by molar-refractivity contribution is 5.91. The fourth-order valence-corrected chi connectivity index (χ4v) is 1.96. The molecular weight excluding hydrogens is 264 g/mol. The molecule has 1 fully saturated rings. The van der Waals surface area contributed by atoms with Crippen molar-refractivity contribution in [2.45, 2.75) is 6.04 Å². The first-order valence-corrected chi connectivity index (χ1v) is 6.21. The molecule has 7 heteroatoms. The van der Waals surface area contributed by atoms with Crippen LogP contribution in [0.25, 0.3) is 0 Å². The number of carbonyl (C=O) groups excluding carboxylic acids is 1. The van der Waals surface area contributed by atoms with Crippen LogP contribution in [-0.2, 0) is 4.74 Å². The lowest BCUT2D eigenvalue weighted by Gasteiger charge is -2.34. The summed E-state index contributed by atoms with van der Waals surface area (Å²) in [5.74, 6) is -1.02. The average molecular weight is 280 g/mol. The highest BCUT2D eigenvalue weighted by atomic mass is 16.5. The van der Waals surface area contributed by atoms with E-state index >= 15 is 0 Å². The molecule has 0 aliphatic carbocycles. The Morgan fingerprint density at radius 2 is 2.05 bits per heavy atom. The van der Waals surface area contributed by atoms with E-state index in [1.807, 2.05) is 0 Å². The second-order valence-corrected chi connectivity index (χ2v) is 4.42. The maximum Gasteiger partial charge on any atom is 0.335 e. The number of ether oxygens (including phenoxy) is 1. The molecule has 2 amide bonds. The van der Waals surface area contributed by atoms with Crippen LogP contribution in [0, 0.1) is 0 Å². The van der Waals surface area contributed by atoms with Crippen LogP contribution in [0.1, 0.15) is 10.4 Å². The predicted octanol–water partition coefficient (Wildman–Crippen LogP) is 0.610. The number of carboxylic acids is 1. The second-order valence-electron chi connectivity index (χ2n) is 4.42. The van der Waals surface area contributed by atoms with E-state index < -0.39 is 5.97 Å². The van der Waals surface area contributed by atoms with Gasteiger partial charge in [-0.25, -0.2) is 9.59 Å². The number of nitrogens with one attached hydrogen (secondary N) is 1. The summed E-state index contributed by atoms with van der Waals surface area (Å²) >= 11 is 0. The summed E-state index contributed by atoms with van der Waals surface area (Å²) in [5.41, 5.74) is 0.658. The minimum absolute atomic E-state index is 0.155. The number of carboxylic acid groups (broad SMARTS) is 1. The Kier molecular flexibility index (Phi) is 4.54. The molecule has 20 heavy (non-hydrogen) atoms. The molecule has 1 aromatic carbocycles. The molecule has 3 N–H and O–H groups in total. The number of morpholine rings is 1. The molecule has 1 heterocycles. The number of aromatic carboxylic acids is 1. The topological polar surface area (TPSA) is 99.1 Å². The third-order valence-electron chi connectivity index (χ3n) is 3.08. The number of rotatable bonds is 3. The summed E-state index contributed by atoms with van der Waals surface area (Å²) in [6.45, 7) is 0.986. The molecule has 0 spiro atoms. The van der Waals surface area contributed by atoms with Gasteiger partial charge in [0.25, 0.3) is 0 Å². The van der Waals surface area contributed by atoms with Gasteiger partial charge in [-0.15, -0.1) is 0 Å². The monoisotopic (exact) mass is 280 g/mol. The molecule has 1 aliphatic heterocycles. The van der Waals surface area contributed by atoms with Gasteiger partial charge < -0.3 is 25.2 Å². The fraction of sp³-hybridized carbons (Fsp3) is 0.385. The van der Waals surface area contributed by atoms with E-state index in [-0.39, 0.29) is 24.2 Å². The van der Waals surface area contributed by atoms with Gasteiger partial charge in [0.2, 0.25) is 0 Å². The van der Waals surface area contributed by atoms with Crippen LogP contribution >= 0.6 is 0 Å². The lowest BCUT2D eigenvalue weighted by atomic mass is 10.2. The SMILES string of the molecule is O=C(O)c1ccc(NC(=O)N2CCOCC2CO)cc1. The normalized spacial score (nSPS) is 18.6. The molecule has 1 unspecified atom stereocenters. The van der Waals surface area contributed by atoms with Crippen molar-refractivity contribution in [1.29, 1.82) is 0 Å². The van der Waals surface area contributed by atoms with Gasteiger partial charge in [0.05, 0.1) is 31.4 Å². The van der Waals surface area contributed by atoms with Crippen molar-refractivity contribution in [3.05, 3.63) is 29.8 Å². The Balaban J connectivity index is 2.01. The number of aliphatic hydroxyl groups is 1. The van der Waals surface area contributed by atoms with Crippen LogP contribution in [0.2, 0.25) is 0 Å². The summed E-state index contributed by atoms with van der Waals surface area (Å²) in [5, 5.41) is 20.7. The molecule has 1 aliphatic rings. The highest BCUT2D eigenvalue weighted by Gasteiger charge is 2.26. The molecule has 1 saturated heterocycles. The number of anilines is 1. The van der Waals surface area contributed by atoms with Gasteiger partial charge >= 0.3 is 12.0 Å². The zero-order valence-corrected chi connectivity index (χ0v) is 10.8. The van der Waals surface area contributed by atoms with Crippen LogP contribution in [0.5, 0.6) is 0 Å². The van der Waals surface area contributed by atoms with Crippen molar-refractivity contribution < 1.29 is 24.5 Å². The van der Waals surface area contributed by atoms with Crippen LogP contribution in [0.15, 0.2) is 24.3 Å². The van der Waals surface area contributed by atoms with Crippen LogP contribution < -0.4 is 5.32 Å². The zero-order valence-electron chi connectivity index (χ0n) is 10.8. The molecule has 0 aromatic heterocycles. The molecule has 0 bridgehead atoms. The largest absolute Gasteiger partial charge is 0.478 e. The van der Waals surface area contributed by atoms with Crippen LogP contribution in [-0.4, -0.2) is 59.5 Å². The van der Waals surface area contributed by atoms with E-state index in [2.05, 4.69) is 5.32 Å². The first kappa shape index (κ1) is 14.3. The van der Waals surface area contributed by atoms with Crippen molar-refractivity contribution >= 4 is 17.7 Å². The summed E-state index contributed by atoms with van der Waals surface area (Å²) in [4.78, 5) is 24.3. The first-order valence-electron chi connectivity index (χ1n) is 6.21. The van der Waals surface area contributed by atoms with E-state index in [1.54, 1.807) is 0 Å². The number of carbonyl (C=O) groups is 2. The number of hydrogen-bond donors (Lipinski definition) is 3.